The SMILES string of the molecule is COC1CN(c2ccncc2C2CN(C(=O)[C@@H]3CC[C@@H]4CCC[C@H](NC(=O)c5cc6cc([C@H](F)P(=O)(O)O)ccc6s5)C(=O)N43)C2)C1. The molecule has 0 saturated carbocycles. The average Bonchev–Trinajstić information content (AvgIpc) is 3.59. The summed E-state index contributed by atoms with van der Waals surface area (Å²) >= 11 is 1.15. The van der Waals surface area contributed by atoms with Crippen LogP contribution < -0.4 is 10.2 Å². The first-order valence-electron chi connectivity index (χ1n) is 15.9. The molecule has 0 aliphatic carbocycles. The number of halogens is 1. The van der Waals surface area contributed by atoms with Crippen molar-refractivity contribution in [2.75, 3.05) is 38.2 Å². The number of ether oxygens (including phenoxy) is 1. The minimum Gasteiger partial charge on any atom is -0.378 e. The van der Waals surface area contributed by atoms with Crippen LogP contribution in [0.15, 0.2) is 42.7 Å². The van der Waals surface area contributed by atoms with Crippen LogP contribution in [-0.4, -0.2) is 99.8 Å². The number of hydrogen-bond acceptors (Lipinski definition) is 8. The molecule has 0 spiro atoms. The molecule has 0 bridgehead atoms. The molecule has 15 heteroatoms. The minimum absolute atomic E-state index is 0.0501. The lowest BCUT2D eigenvalue weighted by Crippen LogP contribution is -2.59. The Balaban J connectivity index is 1.01. The zero-order chi connectivity index (χ0) is 33.0. The molecule has 3 N–H and O–H groups in total. The number of benzene rings is 1. The highest BCUT2D eigenvalue weighted by molar-refractivity contribution is 7.51. The fourth-order valence-electron chi connectivity index (χ4n) is 7.33. The van der Waals surface area contributed by atoms with Gasteiger partial charge in [0.15, 0.2) is 0 Å². The topological polar surface area (TPSA) is 153 Å². The highest BCUT2D eigenvalue weighted by Gasteiger charge is 2.48. The third kappa shape index (κ3) is 6.06. The van der Waals surface area contributed by atoms with Crippen LogP contribution in [0.2, 0.25) is 0 Å². The molecule has 4 fully saturated rings. The summed E-state index contributed by atoms with van der Waals surface area (Å²) in [5.41, 5.74) is 2.07. The third-order valence-electron chi connectivity index (χ3n) is 9.99. The minimum atomic E-state index is -4.98. The number of methoxy groups -OCH3 is 1. The summed E-state index contributed by atoms with van der Waals surface area (Å²) in [4.78, 5) is 70.0. The van der Waals surface area contributed by atoms with Crippen LogP contribution in [0.5, 0.6) is 0 Å². The smallest absolute Gasteiger partial charge is 0.363 e. The quantitative estimate of drug-likeness (QED) is 0.303. The monoisotopic (exact) mass is 685 g/mol. The van der Waals surface area contributed by atoms with Gasteiger partial charge in [0.05, 0.1) is 11.0 Å². The molecule has 3 amide bonds. The maximum Gasteiger partial charge on any atom is 0.363 e. The molecule has 3 aromatic rings. The van der Waals surface area contributed by atoms with E-state index in [0.29, 0.717) is 40.9 Å². The Morgan fingerprint density at radius 3 is 2.64 bits per heavy atom. The van der Waals surface area contributed by atoms with Gasteiger partial charge in [0, 0.05) is 73.6 Å². The summed E-state index contributed by atoms with van der Waals surface area (Å²) in [6.07, 6.45) is 7.16. The molecule has 4 aliphatic heterocycles. The van der Waals surface area contributed by atoms with Gasteiger partial charge < -0.3 is 34.5 Å². The number of pyridine rings is 1. The molecule has 4 atom stereocenters. The summed E-state index contributed by atoms with van der Waals surface area (Å²) in [5, 5.41) is 3.35. The molecule has 7 rings (SSSR count). The second-order valence-corrected chi connectivity index (χ2v) is 15.6. The number of rotatable bonds is 8. The number of aromatic nitrogens is 1. The lowest BCUT2D eigenvalue weighted by atomic mass is 9.89. The Morgan fingerprint density at radius 2 is 1.89 bits per heavy atom. The van der Waals surface area contributed by atoms with Crippen molar-refractivity contribution in [2.24, 2.45) is 0 Å². The van der Waals surface area contributed by atoms with Crippen LogP contribution in [-0.2, 0) is 18.9 Å². The van der Waals surface area contributed by atoms with E-state index in [-0.39, 0.29) is 35.4 Å². The Bertz CT molecular complexity index is 1760. The van der Waals surface area contributed by atoms with E-state index in [2.05, 4.69) is 15.2 Å². The van der Waals surface area contributed by atoms with Crippen molar-refractivity contribution >= 4 is 52.4 Å². The van der Waals surface area contributed by atoms with E-state index in [1.807, 2.05) is 17.2 Å². The Kier molecular flexibility index (Phi) is 8.58. The van der Waals surface area contributed by atoms with Crippen LogP contribution in [0.4, 0.5) is 10.1 Å². The first kappa shape index (κ1) is 32.1. The summed E-state index contributed by atoms with van der Waals surface area (Å²) in [6, 6.07) is 6.28. The van der Waals surface area contributed by atoms with Crippen LogP contribution >= 0.6 is 18.9 Å². The van der Waals surface area contributed by atoms with E-state index in [4.69, 9.17) is 4.74 Å². The van der Waals surface area contributed by atoms with Crippen molar-refractivity contribution in [2.45, 2.75) is 68.2 Å². The number of carbonyl (C=O) groups excluding carboxylic acids is 3. The molecule has 4 saturated heterocycles. The first-order valence-corrected chi connectivity index (χ1v) is 18.4. The van der Waals surface area contributed by atoms with Gasteiger partial charge in [-0.15, -0.1) is 11.3 Å². The number of anilines is 1. The molecule has 6 heterocycles. The van der Waals surface area contributed by atoms with Crippen molar-refractivity contribution in [1.29, 1.82) is 0 Å². The molecule has 250 valence electrons. The van der Waals surface area contributed by atoms with Gasteiger partial charge in [0.25, 0.3) is 5.91 Å². The normalized spacial score (nSPS) is 24.5. The number of nitrogens with one attached hydrogen (secondary N) is 1. The zero-order valence-electron chi connectivity index (χ0n) is 25.8. The summed E-state index contributed by atoms with van der Waals surface area (Å²) < 4.78 is 31.7. The van der Waals surface area contributed by atoms with Gasteiger partial charge in [0.1, 0.15) is 12.1 Å². The fraction of sp³-hybridized carbons (Fsp3) is 0.500. The Labute approximate surface area is 275 Å². The van der Waals surface area contributed by atoms with Gasteiger partial charge >= 0.3 is 7.60 Å². The Hall–Kier alpha value is -3.42. The lowest BCUT2D eigenvalue weighted by Gasteiger charge is -2.45. The first-order chi connectivity index (χ1) is 22.5. The zero-order valence-corrected chi connectivity index (χ0v) is 27.5. The molecule has 0 radical (unpaired) electrons. The average molecular weight is 686 g/mol. The second-order valence-electron chi connectivity index (χ2n) is 12.9. The molecular weight excluding hydrogens is 648 g/mol. The van der Waals surface area contributed by atoms with E-state index in [9.17, 15) is 33.1 Å². The second kappa shape index (κ2) is 12.6. The number of hydrogen-bond donors (Lipinski definition) is 3. The van der Waals surface area contributed by atoms with Gasteiger partial charge in [-0.2, -0.15) is 0 Å². The van der Waals surface area contributed by atoms with Crippen molar-refractivity contribution in [3.05, 3.63) is 58.7 Å². The third-order valence-corrected chi connectivity index (χ3v) is 12.0. The van der Waals surface area contributed by atoms with Gasteiger partial charge in [-0.05, 0) is 67.3 Å². The van der Waals surface area contributed by atoms with Crippen molar-refractivity contribution in [3.63, 3.8) is 0 Å². The molecular formula is C32H37FN5O7PS. The van der Waals surface area contributed by atoms with Gasteiger partial charge in [-0.3, -0.25) is 23.9 Å². The van der Waals surface area contributed by atoms with Crippen molar-refractivity contribution in [3.8, 4) is 0 Å². The van der Waals surface area contributed by atoms with Crippen LogP contribution in [0, 0.1) is 0 Å². The number of amides is 3. The predicted molar refractivity (Wildman–Crippen MR) is 173 cm³/mol. The maximum atomic E-state index is 14.3. The number of thiophene rings is 1. The maximum absolute atomic E-state index is 14.3. The standard InChI is InChI=1S/C32H37FN5O7PS/c1-45-22-16-36(17-22)25-9-10-34-13-23(25)20-14-37(15-20)32(41)26-7-6-21-3-2-4-24(31(40)38(21)26)35-30(39)28-12-19-11-18(5-8-27(19)47-28)29(33)46(42,43)44/h5,8-13,20-22,24,26,29H,2-4,6-7,14-17H2,1H3,(H,35,39)(H2,42,43,44)/t21-,24-,26-,29+/m0/s1. The predicted octanol–water partition coefficient (Wildman–Crippen LogP) is 3.55. The summed E-state index contributed by atoms with van der Waals surface area (Å²) in [5.74, 6) is -3.06. The van der Waals surface area contributed by atoms with Crippen LogP contribution in [0.3, 0.4) is 0 Å². The number of nitrogens with zero attached hydrogens (tertiary/aromatic N) is 4. The van der Waals surface area contributed by atoms with Crippen molar-refractivity contribution in [1.82, 2.24) is 20.1 Å². The van der Waals surface area contributed by atoms with Gasteiger partial charge in [0.2, 0.25) is 17.7 Å². The van der Waals surface area contributed by atoms with Gasteiger partial charge in [-0.25, -0.2) is 4.39 Å². The van der Waals surface area contributed by atoms with Gasteiger partial charge in [-0.1, -0.05) is 6.07 Å². The number of alkyl halides is 1. The molecule has 0 unspecified atom stereocenters. The molecule has 12 nitrogen and oxygen atoms in total. The molecule has 1 aromatic carbocycles. The number of carbonyl (C=O) groups is 3. The summed E-state index contributed by atoms with van der Waals surface area (Å²) in [6.45, 7) is 2.77. The van der Waals surface area contributed by atoms with E-state index in [0.717, 1.165) is 54.9 Å². The van der Waals surface area contributed by atoms with E-state index in [1.54, 1.807) is 18.2 Å². The van der Waals surface area contributed by atoms with E-state index >= 15 is 0 Å². The summed E-state index contributed by atoms with van der Waals surface area (Å²) in [7, 11) is -3.26. The van der Waals surface area contributed by atoms with E-state index < -0.39 is 31.5 Å². The highest BCUT2D eigenvalue weighted by Crippen LogP contribution is 2.53. The van der Waals surface area contributed by atoms with Crippen LogP contribution in [0.1, 0.15) is 64.7 Å². The van der Waals surface area contributed by atoms with Crippen molar-refractivity contribution < 1.29 is 37.9 Å². The largest absolute Gasteiger partial charge is 0.378 e. The number of likely N-dealkylation sites (tertiary alicyclic amines) is 1. The molecule has 4 aliphatic rings. The van der Waals surface area contributed by atoms with E-state index in [1.165, 1.54) is 24.3 Å². The molecule has 2 aromatic heterocycles. The molecule has 47 heavy (non-hydrogen) atoms. The number of fused-ring (bicyclic) bond motifs is 2. The lowest BCUT2D eigenvalue weighted by molar-refractivity contribution is -0.148. The fourth-order valence-corrected chi connectivity index (χ4v) is 8.83. The highest BCUT2D eigenvalue weighted by atomic mass is 32.1. The van der Waals surface area contributed by atoms with Crippen LogP contribution in [0.25, 0.3) is 10.1 Å². The Morgan fingerprint density at radius 1 is 1.11 bits per heavy atom.